The number of hydrogen-bond acceptors (Lipinski definition) is 5. The first kappa shape index (κ1) is 16.8. The van der Waals surface area contributed by atoms with Crippen LogP contribution < -0.4 is 5.01 Å². The lowest BCUT2D eigenvalue weighted by Gasteiger charge is -2.34. The van der Waals surface area contributed by atoms with Crippen LogP contribution in [0.1, 0.15) is 30.1 Å². The van der Waals surface area contributed by atoms with E-state index in [0.29, 0.717) is 17.9 Å². The van der Waals surface area contributed by atoms with Crippen LogP contribution in [0.3, 0.4) is 0 Å². The van der Waals surface area contributed by atoms with E-state index in [1.54, 1.807) is 28.8 Å². The van der Waals surface area contributed by atoms with Crippen LogP contribution in [0.15, 0.2) is 29.4 Å². The molecule has 1 amide bonds. The number of anilines is 1. The highest BCUT2D eigenvalue weighted by Gasteiger charge is 2.29. The lowest BCUT2D eigenvalue weighted by atomic mass is 10.1. The maximum absolute atomic E-state index is 12.8. The molecule has 2 aliphatic heterocycles. The Morgan fingerprint density at radius 1 is 1.29 bits per heavy atom. The summed E-state index contributed by atoms with van der Waals surface area (Å²) in [6.45, 7) is 3.47. The highest BCUT2D eigenvalue weighted by Crippen LogP contribution is 2.24. The minimum atomic E-state index is -0.863. The van der Waals surface area contributed by atoms with Gasteiger partial charge in [0.25, 0.3) is 5.91 Å². The minimum absolute atomic E-state index is 0.00140. The van der Waals surface area contributed by atoms with Gasteiger partial charge in [0.05, 0.1) is 18.2 Å². The molecular formula is C17H21N3O3S. The molecule has 1 fully saturated rings. The largest absolute Gasteiger partial charge is 0.481 e. The van der Waals surface area contributed by atoms with E-state index in [9.17, 15) is 9.59 Å². The quantitative estimate of drug-likeness (QED) is 0.905. The summed E-state index contributed by atoms with van der Waals surface area (Å²) in [5.74, 6) is 0.576. The summed E-state index contributed by atoms with van der Waals surface area (Å²) in [5, 5.41) is 15.4. The first-order valence-corrected chi connectivity index (χ1v) is 9.22. The molecule has 24 heavy (non-hydrogen) atoms. The van der Waals surface area contributed by atoms with Crippen LogP contribution in [-0.4, -0.2) is 58.2 Å². The predicted octanol–water partition coefficient (Wildman–Crippen LogP) is 2.30. The molecule has 128 valence electrons. The summed E-state index contributed by atoms with van der Waals surface area (Å²) in [7, 11) is 0. The van der Waals surface area contributed by atoms with Gasteiger partial charge in [0.2, 0.25) is 0 Å². The molecule has 1 N–H and O–H groups in total. The average molecular weight is 347 g/mol. The fourth-order valence-corrected chi connectivity index (χ4v) is 4.06. The van der Waals surface area contributed by atoms with Gasteiger partial charge in [0, 0.05) is 42.3 Å². The molecule has 0 radical (unpaired) electrons. The van der Waals surface area contributed by atoms with Crippen LogP contribution in [0, 0.1) is 0 Å². The van der Waals surface area contributed by atoms with Gasteiger partial charge in [-0.2, -0.15) is 16.9 Å². The van der Waals surface area contributed by atoms with Gasteiger partial charge in [-0.15, -0.1) is 0 Å². The topological polar surface area (TPSA) is 73.2 Å². The molecule has 1 aromatic carbocycles. The Bertz CT molecular complexity index is 660. The molecule has 6 nitrogen and oxygen atoms in total. The lowest BCUT2D eigenvalue weighted by molar-refractivity contribution is -0.138. The summed E-state index contributed by atoms with van der Waals surface area (Å²) < 4.78 is 0. The van der Waals surface area contributed by atoms with E-state index in [0.717, 1.165) is 30.1 Å². The molecule has 1 atom stereocenters. The molecule has 0 bridgehead atoms. The van der Waals surface area contributed by atoms with Crippen molar-refractivity contribution in [2.24, 2.45) is 5.10 Å². The van der Waals surface area contributed by atoms with E-state index in [2.05, 4.69) is 5.10 Å². The third-order valence-corrected chi connectivity index (χ3v) is 5.38. The van der Waals surface area contributed by atoms with Crippen molar-refractivity contribution in [3.05, 3.63) is 29.8 Å². The number of benzene rings is 1. The van der Waals surface area contributed by atoms with Crippen molar-refractivity contribution in [3.63, 3.8) is 0 Å². The van der Waals surface area contributed by atoms with E-state index in [1.807, 2.05) is 24.1 Å². The number of carbonyl (C=O) groups excluding carboxylic acids is 1. The molecule has 0 spiro atoms. The maximum Gasteiger partial charge on any atom is 0.305 e. The standard InChI is InChI=1S/C17H21N3O3S/c1-12-6-7-20(18-12)14-4-2-13(3-5-14)17(23)19-8-9-24-11-15(19)10-16(21)22/h2-5,15H,6-11H2,1H3,(H,21,22). The van der Waals surface area contributed by atoms with Crippen LogP contribution >= 0.6 is 11.8 Å². The summed E-state index contributed by atoms with van der Waals surface area (Å²) >= 11 is 1.70. The van der Waals surface area contributed by atoms with E-state index >= 15 is 0 Å². The Hall–Kier alpha value is -2.02. The van der Waals surface area contributed by atoms with Crippen LogP contribution in [0.4, 0.5) is 5.69 Å². The van der Waals surface area contributed by atoms with Crippen molar-refractivity contribution in [1.82, 2.24) is 4.90 Å². The number of carboxylic acids is 1. The molecule has 2 heterocycles. The fraction of sp³-hybridized carbons (Fsp3) is 0.471. The van der Waals surface area contributed by atoms with Gasteiger partial charge in [0.15, 0.2) is 0 Å². The predicted molar refractivity (Wildman–Crippen MR) is 95.9 cm³/mol. The van der Waals surface area contributed by atoms with Gasteiger partial charge in [0.1, 0.15) is 0 Å². The first-order valence-electron chi connectivity index (χ1n) is 8.07. The smallest absolute Gasteiger partial charge is 0.305 e. The Morgan fingerprint density at radius 2 is 2.04 bits per heavy atom. The number of thioether (sulfide) groups is 1. The molecule has 0 aromatic heterocycles. The molecule has 7 heteroatoms. The SMILES string of the molecule is CC1=NN(c2ccc(C(=O)N3CCSCC3CC(=O)O)cc2)CC1. The monoisotopic (exact) mass is 347 g/mol. The van der Waals surface area contributed by atoms with Crippen molar-refractivity contribution >= 4 is 35.0 Å². The zero-order valence-electron chi connectivity index (χ0n) is 13.6. The lowest BCUT2D eigenvalue weighted by Crippen LogP contribution is -2.47. The van der Waals surface area contributed by atoms with E-state index in [4.69, 9.17) is 5.11 Å². The van der Waals surface area contributed by atoms with Gasteiger partial charge < -0.3 is 10.0 Å². The molecular weight excluding hydrogens is 326 g/mol. The zero-order valence-corrected chi connectivity index (χ0v) is 14.5. The average Bonchev–Trinajstić information content (AvgIpc) is 3.01. The molecule has 1 aromatic rings. The van der Waals surface area contributed by atoms with Crippen molar-refractivity contribution in [3.8, 4) is 0 Å². The third-order valence-electron chi connectivity index (χ3n) is 4.29. The molecule has 1 unspecified atom stereocenters. The number of carboxylic acid groups (broad SMARTS) is 1. The number of hydrogen-bond donors (Lipinski definition) is 1. The Balaban J connectivity index is 1.73. The summed E-state index contributed by atoms with van der Waals surface area (Å²) in [5.41, 5.74) is 2.68. The van der Waals surface area contributed by atoms with Crippen LogP contribution in [0.2, 0.25) is 0 Å². The van der Waals surface area contributed by atoms with Crippen molar-refractivity contribution in [2.45, 2.75) is 25.8 Å². The van der Waals surface area contributed by atoms with Gasteiger partial charge in [-0.3, -0.25) is 14.6 Å². The van der Waals surface area contributed by atoms with Crippen LogP contribution in [-0.2, 0) is 4.79 Å². The highest BCUT2D eigenvalue weighted by atomic mass is 32.2. The van der Waals surface area contributed by atoms with E-state index in [-0.39, 0.29) is 18.4 Å². The minimum Gasteiger partial charge on any atom is -0.481 e. The third kappa shape index (κ3) is 3.72. The number of rotatable bonds is 4. The molecule has 2 aliphatic rings. The van der Waals surface area contributed by atoms with Crippen molar-refractivity contribution in [1.29, 1.82) is 0 Å². The van der Waals surface area contributed by atoms with Crippen molar-refractivity contribution < 1.29 is 14.7 Å². The van der Waals surface area contributed by atoms with Crippen molar-refractivity contribution in [2.75, 3.05) is 29.6 Å². The van der Waals surface area contributed by atoms with Crippen LogP contribution in [0.5, 0.6) is 0 Å². The van der Waals surface area contributed by atoms with E-state index in [1.165, 1.54) is 0 Å². The number of hydrazone groups is 1. The molecule has 3 rings (SSSR count). The number of amides is 1. The normalized spacial score (nSPS) is 20.9. The van der Waals surface area contributed by atoms with Gasteiger partial charge in [-0.25, -0.2) is 0 Å². The summed E-state index contributed by atoms with van der Waals surface area (Å²) in [6, 6.07) is 7.18. The fourth-order valence-electron chi connectivity index (χ4n) is 3.00. The van der Waals surface area contributed by atoms with Crippen LogP contribution in [0.25, 0.3) is 0 Å². The second-order valence-electron chi connectivity index (χ2n) is 6.08. The first-order chi connectivity index (χ1) is 11.5. The Morgan fingerprint density at radius 3 is 2.67 bits per heavy atom. The Labute approximate surface area is 145 Å². The number of aliphatic carboxylic acids is 1. The number of carbonyl (C=O) groups is 2. The molecule has 0 aliphatic carbocycles. The second kappa shape index (κ2) is 7.25. The molecule has 0 saturated carbocycles. The van der Waals surface area contributed by atoms with Gasteiger partial charge >= 0.3 is 5.97 Å². The molecule has 1 saturated heterocycles. The highest BCUT2D eigenvalue weighted by molar-refractivity contribution is 7.99. The van der Waals surface area contributed by atoms with E-state index < -0.39 is 5.97 Å². The zero-order chi connectivity index (χ0) is 17.1. The summed E-state index contributed by atoms with van der Waals surface area (Å²) in [4.78, 5) is 25.5. The second-order valence-corrected chi connectivity index (χ2v) is 7.23. The van der Waals surface area contributed by atoms with Gasteiger partial charge in [-0.05, 0) is 31.2 Å². The summed E-state index contributed by atoms with van der Waals surface area (Å²) in [6.07, 6.45) is 0.960. The van der Waals surface area contributed by atoms with Gasteiger partial charge in [-0.1, -0.05) is 0 Å². The maximum atomic E-state index is 12.8. The Kier molecular flexibility index (Phi) is 5.08. The number of nitrogens with zero attached hydrogens (tertiary/aromatic N) is 3.